The summed E-state index contributed by atoms with van der Waals surface area (Å²) in [5, 5.41) is 22.0. The first-order chi connectivity index (χ1) is 16.9. The van der Waals surface area contributed by atoms with E-state index in [1.807, 2.05) is 42.9 Å². The zero-order valence-corrected chi connectivity index (χ0v) is 19.9. The fraction of sp³-hybridized carbons (Fsp3) is 0.296. The van der Waals surface area contributed by atoms with Crippen LogP contribution >= 0.6 is 0 Å². The van der Waals surface area contributed by atoms with Gasteiger partial charge in [-0.3, -0.25) is 5.10 Å². The fourth-order valence-corrected chi connectivity index (χ4v) is 4.99. The molecule has 8 heteroatoms. The minimum atomic E-state index is -0.607. The summed E-state index contributed by atoms with van der Waals surface area (Å²) in [6.07, 6.45) is 9.53. The predicted octanol–water partition coefficient (Wildman–Crippen LogP) is 5.00. The van der Waals surface area contributed by atoms with E-state index >= 15 is 0 Å². The highest BCUT2D eigenvalue weighted by molar-refractivity contribution is 5.84. The number of imidazole rings is 1. The number of nitrogens with one attached hydrogen (secondary N) is 2. The van der Waals surface area contributed by atoms with Crippen LogP contribution in [0, 0.1) is 5.92 Å². The second kappa shape index (κ2) is 8.39. The molecule has 0 aliphatic carbocycles. The maximum absolute atomic E-state index is 10.3. The lowest BCUT2D eigenvalue weighted by atomic mass is 9.83. The first-order valence-electron chi connectivity index (χ1n) is 12.1. The maximum Gasteiger partial charge on any atom is 0.180 e. The summed E-state index contributed by atoms with van der Waals surface area (Å²) >= 11 is 0. The fourth-order valence-electron chi connectivity index (χ4n) is 4.99. The summed E-state index contributed by atoms with van der Waals surface area (Å²) < 4.78 is 1.99. The summed E-state index contributed by atoms with van der Waals surface area (Å²) in [6.45, 7) is 5.76. The molecule has 1 aliphatic heterocycles. The normalized spacial score (nSPS) is 15.2. The molecule has 4 heterocycles. The van der Waals surface area contributed by atoms with E-state index in [-0.39, 0.29) is 0 Å². The molecule has 0 radical (unpaired) electrons. The van der Waals surface area contributed by atoms with Gasteiger partial charge in [-0.1, -0.05) is 12.1 Å². The van der Waals surface area contributed by atoms with Gasteiger partial charge in [-0.05, 0) is 62.9 Å². The Bertz CT molecular complexity index is 1470. The monoisotopic (exact) mass is 467 g/mol. The van der Waals surface area contributed by atoms with Gasteiger partial charge in [0.1, 0.15) is 0 Å². The highest BCUT2D eigenvalue weighted by Gasteiger charge is 2.30. The quantitative estimate of drug-likeness (QED) is 0.337. The van der Waals surface area contributed by atoms with Crippen molar-refractivity contribution >= 4 is 33.7 Å². The van der Waals surface area contributed by atoms with Crippen molar-refractivity contribution in [3.63, 3.8) is 0 Å². The molecule has 6 rings (SSSR count). The number of hydrogen-bond donors (Lipinski definition) is 3. The van der Waals surface area contributed by atoms with Gasteiger partial charge in [-0.15, -0.1) is 0 Å². The summed E-state index contributed by atoms with van der Waals surface area (Å²) in [6, 6.07) is 14.6. The molecular formula is C27H29N7O. The van der Waals surface area contributed by atoms with Crippen molar-refractivity contribution in [3.05, 3.63) is 67.3 Å². The number of aromatic nitrogens is 5. The third-order valence-electron chi connectivity index (χ3n) is 7.10. The predicted molar refractivity (Wildman–Crippen MR) is 139 cm³/mol. The van der Waals surface area contributed by atoms with E-state index in [9.17, 15) is 5.11 Å². The maximum atomic E-state index is 10.3. The first-order valence-corrected chi connectivity index (χ1v) is 12.1. The highest BCUT2D eigenvalue weighted by atomic mass is 16.3. The SMILES string of the molecule is CC(C)(O)C1CCN(c2ccc(Nc3nc(-c4ccc5cn[nH]c5c4)cn4ccnc34)cc2)CC1. The van der Waals surface area contributed by atoms with Gasteiger partial charge < -0.3 is 19.7 Å². The number of aliphatic hydroxyl groups is 1. The second-order valence-electron chi connectivity index (χ2n) is 9.89. The number of rotatable bonds is 5. The second-order valence-corrected chi connectivity index (χ2v) is 9.89. The molecule has 178 valence electrons. The standard InChI is InChI=1S/C27H29N7O/c1-27(2,35)20-9-12-33(13-10-20)22-7-5-21(6-8-22)30-25-26-28-11-14-34(26)17-24(31-25)18-3-4-19-16-29-32-23(19)15-18/h3-8,11,14-17,20,35H,9-10,12-13H2,1-2H3,(H,29,32)(H,30,31). The Hall–Kier alpha value is -3.91. The van der Waals surface area contributed by atoms with Gasteiger partial charge >= 0.3 is 0 Å². The van der Waals surface area contributed by atoms with Crippen molar-refractivity contribution in [1.82, 2.24) is 24.6 Å². The van der Waals surface area contributed by atoms with E-state index in [1.54, 1.807) is 6.20 Å². The molecule has 5 aromatic rings. The molecule has 0 unspecified atom stereocenters. The molecule has 0 bridgehead atoms. The van der Waals surface area contributed by atoms with E-state index < -0.39 is 5.60 Å². The number of aromatic amines is 1. The Kier molecular flexibility index (Phi) is 5.18. The molecule has 35 heavy (non-hydrogen) atoms. The molecule has 3 N–H and O–H groups in total. The van der Waals surface area contributed by atoms with Crippen LogP contribution in [0.5, 0.6) is 0 Å². The van der Waals surface area contributed by atoms with Gasteiger partial charge in [-0.25, -0.2) is 9.97 Å². The van der Waals surface area contributed by atoms with Gasteiger partial charge in [0.25, 0.3) is 0 Å². The number of nitrogens with zero attached hydrogens (tertiary/aromatic N) is 5. The molecule has 0 spiro atoms. The Morgan fingerprint density at radius 3 is 2.66 bits per heavy atom. The Labute approximate surface area is 203 Å². The number of H-pyrrole nitrogens is 1. The van der Waals surface area contributed by atoms with Crippen LogP contribution in [-0.4, -0.2) is 48.4 Å². The highest BCUT2D eigenvalue weighted by Crippen LogP contribution is 2.31. The number of anilines is 3. The zero-order valence-electron chi connectivity index (χ0n) is 19.9. The van der Waals surface area contributed by atoms with Crippen molar-refractivity contribution in [2.75, 3.05) is 23.3 Å². The van der Waals surface area contributed by atoms with Crippen LogP contribution in [0.3, 0.4) is 0 Å². The number of benzene rings is 2. The van der Waals surface area contributed by atoms with Crippen molar-refractivity contribution in [2.45, 2.75) is 32.3 Å². The molecule has 0 amide bonds. The molecule has 1 fully saturated rings. The van der Waals surface area contributed by atoms with Crippen LogP contribution in [0.15, 0.2) is 67.3 Å². The summed E-state index contributed by atoms with van der Waals surface area (Å²) in [4.78, 5) is 11.8. The molecule has 1 saturated heterocycles. The lowest BCUT2D eigenvalue weighted by molar-refractivity contribution is 0.00651. The zero-order chi connectivity index (χ0) is 24.0. The number of piperidine rings is 1. The minimum absolute atomic E-state index is 0.351. The largest absolute Gasteiger partial charge is 0.390 e. The smallest absolute Gasteiger partial charge is 0.180 e. The summed E-state index contributed by atoms with van der Waals surface area (Å²) in [5.41, 5.74) is 5.15. The molecule has 3 aromatic heterocycles. The third-order valence-corrected chi connectivity index (χ3v) is 7.10. The molecular weight excluding hydrogens is 438 g/mol. The Morgan fingerprint density at radius 1 is 1.09 bits per heavy atom. The van der Waals surface area contributed by atoms with Crippen LogP contribution in [0.4, 0.5) is 17.2 Å². The third kappa shape index (κ3) is 4.21. The van der Waals surface area contributed by atoms with Gasteiger partial charge in [-0.2, -0.15) is 5.10 Å². The van der Waals surface area contributed by atoms with E-state index in [0.29, 0.717) is 11.7 Å². The van der Waals surface area contributed by atoms with Crippen LogP contribution < -0.4 is 10.2 Å². The average molecular weight is 468 g/mol. The topological polar surface area (TPSA) is 94.4 Å². The lowest BCUT2D eigenvalue weighted by Crippen LogP contribution is -2.41. The summed E-state index contributed by atoms with van der Waals surface area (Å²) in [5.74, 6) is 1.06. The molecule has 1 aliphatic rings. The van der Waals surface area contributed by atoms with E-state index in [1.165, 1.54) is 5.69 Å². The van der Waals surface area contributed by atoms with Gasteiger partial charge in [0, 0.05) is 54.0 Å². The van der Waals surface area contributed by atoms with Crippen LogP contribution in [-0.2, 0) is 0 Å². The molecule has 8 nitrogen and oxygen atoms in total. The van der Waals surface area contributed by atoms with E-state index in [4.69, 9.17) is 4.98 Å². The Morgan fingerprint density at radius 2 is 1.89 bits per heavy atom. The average Bonchev–Trinajstić information content (AvgIpc) is 3.53. The van der Waals surface area contributed by atoms with Crippen LogP contribution in [0.25, 0.3) is 27.8 Å². The van der Waals surface area contributed by atoms with Crippen molar-refractivity contribution in [2.24, 2.45) is 5.92 Å². The van der Waals surface area contributed by atoms with E-state index in [0.717, 1.165) is 59.4 Å². The van der Waals surface area contributed by atoms with Gasteiger partial charge in [0.15, 0.2) is 11.5 Å². The number of fused-ring (bicyclic) bond motifs is 2. The van der Waals surface area contributed by atoms with Crippen LogP contribution in [0.2, 0.25) is 0 Å². The molecule has 2 aromatic carbocycles. The molecule has 0 saturated carbocycles. The van der Waals surface area contributed by atoms with Crippen LogP contribution in [0.1, 0.15) is 26.7 Å². The first kappa shape index (κ1) is 21.6. The number of hydrogen-bond acceptors (Lipinski definition) is 6. The summed E-state index contributed by atoms with van der Waals surface area (Å²) in [7, 11) is 0. The lowest BCUT2D eigenvalue weighted by Gasteiger charge is -2.38. The van der Waals surface area contributed by atoms with Gasteiger partial charge in [0.05, 0.1) is 23.0 Å². The van der Waals surface area contributed by atoms with Crippen molar-refractivity contribution in [3.8, 4) is 11.3 Å². The van der Waals surface area contributed by atoms with Gasteiger partial charge in [0.2, 0.25) is 0 Å². The minimum Gasteiger partial charge on any atom is -0.390 e. The molecule has 0 atom stereocenters. The van der Waals surface area contributed by atoms with E-state index in [2.05, 4.69) is 61.8 Å². The van der Waals surface area contributed by atoms with Crippen molar-refractivity contribution < 1.29 is 5.11 Å². The Balaban J connectivity index is 1.24. The van der Waals surface area contributed by atoms with Crippen molar-refractivity contribution in [1.29, 1.82) is 0 Å².